The Kier molecular flexibility index (Phi) is 5.53. The minimum Gasteiger partial charge on any atom is -0.480 e. The molecule has 2 atom stereocenters. The van der Waals surface area contributed by atoms with Gasteiger partial charge in [-0.2, -0.15) is 11.8 Å². The number of amides is 2. The lowest BCUT2D eigenvalue weighted by Gasteiger charge is -2.37. The first-order chi connectivity index (χ1) is 8.43. The fraction of sp³-hybridized carbons (Fsp3) is 0.667. The van der Waals surface area contributed by atoms with Gasteiger partial charge in [-0.3, -0.25) is 4.79 Å². The van der Waals surface area contributed by atoms with Crippen LogP contribution in [0, 0.1) is 0 Å². The van der Waals surface area contributed by atoms with Gasteiger partial charge in [0.15, 0.2) is 0 Å². The Hall–Kier alpha value is -1.17. The van der Waals surface area contributed by atoms with Gasteiger partial charge < -0.3 is 14.9 Å². The summed E-state index contributed by atoms with van der Waals surface area (Å²) in [6, 6.07) is -0.212. The van der Waals surface area contributed by atoms with E-state index < -0.39 is 5.97 Å². The van der Waals surface area contributed by atoms with E-state index in [4.69, 9.17) is 5.11 Å². The van der Waals surface area contributed by atoms with Gasteiger partial charge in [0.05, 0.1) is 0 Å². The van der Waals surface area contributed by atoms with Crippen molar-refractivity contribution in [2.75, 3.05) is 26.2 Å². The molecule has 1 rings (SSSR count). The van der Waals surface area contributed by atoms with E-state index in [0.29, 0.717) is 23.6 Å². The van der Waals surface area contributed by atoms with Gasteiger partial charge in [-0.15, -0.1) is 6.58 Å². The molecule has 2 amide bonds. The van der Waals surface area contributed by atoms with Crippen molar-refractivity contribution in [3.8, 4) is 0 Å². The van der Waals surface area contributed by atoms with Gasteiger partial charge in [0, 0.05) is 30.1 Å². The molecule has 0 radical (unpaired) electrons. The lowest BCUT2D eigenvalue weighted by Crippen LogP contribution is -2.51. The largest absolute Gasteiger partial charge is 0.480 e. The number of aliphatic carboxylic acids is 1. The molecule has 102 valence electrons. The van der Waals surface area contributed by atoms with E-state index in [2.05, 4.69) is 20.4 Å². The van der Waals surface area contributed by atoms with E-state index in [1.807, 2.05) is 11.8 Å². The molecule has 0 aromatic rings. The number of carboxylic acid groups (broad SMARTS) is 1. The summed E-state index contributed by atoms with van der Waals surface area (Å²) in [5.41, 5.74) is 0. The molecule has 0 saturated carbocycles. The van der Waals surface area contributed by atoms with Gasteiger partial charge in [0.25, 0.3) is 0 Å². The standard InChI is InChI=1S/C12H20N2O3S/c1-4-5-13(8-11(15)16)12(17)14-6-9(2)18-10(3)7-14/h4,9-10H,1,5-8H2,2-3H3,(H,15,16). The Morgan fingerprint density at radius 1 is 1.44 bits per heavy atom. The highest BCUT2D eigenvalue weighted by Gasteiger charge is 2.29. The van der Waals surface area contributed by atoms with Crippen LogP contribution in [0.25, 0.3) is 0 Å². The van der Waals surface area contributed by atoms with Crippen LogP contribution in [0.4, 0.5) is 4.79 Å². The van der Waals surface area contributed by atoms with Gasteiger partial charge >= 0.3 is 12.0 Å². The number of nitrogens with zero attached hydrogens (tertiary/aromatic N) is 2. The Labute approximate surface area is 112 Å². The molecule has 0 aliphatic carbocycles. The molecule has 1 N–H and O–H groups in total. The van der Waals surface area contributed by atoms with Crippen molar-refractivity contribution in [1.82, 2.24) is 9.80 Å². The van der Waals surface area contributed by atoms with Crippen LogP contribution in [-0.4, -0.2) is 63.6 Å². The van der Waals surface area contributed by atoms with Crippen LogP contribution >= 0.6 is 11.8 Å². The summed E-state index contributed by atoms with van der Waals surface area (Å²) in [5.74, 6) is -1.00. The van der Waals surface area contributed by atoms with Crippen molar-refractivity contribution >= 4 is 23.8 Å². The molecule has 2 unspecified atom stereocenters. The van der Waals surface area contributed by atoms with Crippen LogP contribution in [0.2, 0.25) is 0 Å². The third kappa shape index (κ3) is 4.25. The minimum absolute atomic E-state index is 0.212. The molecule has 0 spiro atoms. The molecule has 0 aromatic carbocycles. The van der Waals surface area contributed by atoms with Crippen molar-refractivity contribution in [1.29, 1.82) is 0 Å². The zero-order chi connectivity index (χ0) is 13.7. The van der Waals surface area contributed by atoms with Crippen molar-refractivity contribution in [3.05, 3.63) is 12.7 Å². The number of urea groups is 1. The first kappa shape index (κ1) is 14.9. The fourth-order valence-corrected chi connectivity index (χ4v) is 3.39. The van der Waals surface area contributed by atoms with Gasteiger partial charge in [-0.1, -0.05) is 19.9 Å². The average Bonchev–Trinajstić information content (AvgIpc) is 2.25. The smallest absolute Gasteiger partial charge is 0.323 e. The summed E-state index contributed by atoms with van der Waals surface area (Å²) in [6.07, 6.45) is 1.55. The quantitative estimate of drug-likeness (QED) is 0.788. The molecule has 5 nitrogen and oxygen atoms in total. The lowest BCUT2D eigenvalue weighted by molar-refractivity contribution is -0.137. The average molecular weight is 272 g/mol. The molecular formula is C12H20N2O3S. The predicted molar refractivity (Wildman–Crippen MR) is 72.9 cm³/mol. The molecule has 1 saturated heterocycles. The Balaban J connectivity index is 2.69. The number of hydrogen-bond donors (Lipinski definition) is 1. The van der Waals surface area contributed by atoms with Crippen LogP contribution in [-0.2, 0) is 4.79 Å². The van der Waals surface area contributed by atoms with E-state index in [-0.39, 0.29) is 19.1 Å². The zero-order valence-electron chi connectivity index (χ0n) is 10.8. The Morgan fingerprint density at radius 3 is 2.44 bits per heavy atom. The maximum Gasteiger partial charge on any atom is 0.323 e. The van der Waals surface area contributed by atoms with E-state index in [1.165, 1.54) is 4.90 Å². The second-order valence-electron chi connectivity index (χ2n) is 4.51. The highest BCUT2D eigenvalue weighted by Crippen LogP contribution is 2.25. The SMILES string of the molecule is C=CCN(CC(=O)O)C(=O)N1CC(C)SC(C)C1. The second-order valence-corrected chi connectivity index (χ2v) is 6.39. The topological polar surface area (TPSA) is 60.9 Å². The maximum atomic E-state index is 12.2. The normalized spacial score (nSPS) is 23.6. The van der Waals surface area contributed by atoms with Crippen molar-refractivity contribution in [2.45, 2.75) is 24.3 Å². The number of hydrogen-bond acceptors (Lipinski definition) is 3. The lowest BCUT2D eigenvalue weighted by atomic mass is 10.3. The molecule has 1 heterocycles. The molecule has 6 heteroatoms. The summed E-state index contributed by atoms with van der Waals surface area (Å²) < 4.78 is 0. The van der Waals surface area contributed by atoms with Gasteiger partial charge in [0.1, 0.15) is 6.54 Å². The summed E-state index contributed by atoms with van der Waals surface area (Å²) in [5, 5.41) is 9.58. The van der Waals surface area contributed by atoms with E-state index in [1.54, 1.807) is 11.0 Å². The van der Waals surface area contributed by atoms with Crippen molar-refractivity contribution in [2.24, 2.45) is 0 Å². The number of carbonyl (C=O) groups excluding carboxylic acids is 1. The third-order valence-corrected chi connectivity index (χ3v) is 3.86. The van der Waals surface area contributed by atoms with Gasteiger partial charge in [-0.05, 0) is 0 Å². The number of thioether (sulfide) groups is 1. The molecule has 0 aromatic heterocycles. The number of carboxylic acids is 1. The minimum atomic E-state index is -1.00. The predicted octanol–water partition coefficient (Wildman–Crippen LogP) is 1.50. The molecule has 18 heavy (non-hydrogen) atoms. The van der Waals surface area contributed by atoms with Crippen molar-refractivity contribution in [3.63, 3.8) is 0 Å². The van der Waals surface area contributed by atoms with Crippen molar-refractivity contribution < 1.29 is 14.7 Å². The van der Waals surface area contributed by atoms with Crippen LogP contribution in [0.15, 0.2) is 12.7 Å². The summed E-state index contributed by atoms with van der Waals surface area (Å²) >= 11 is 1.85. The summed E-state index contributed by atoms with van der Waals surface area (Å²) in [6.45, 7) is 9.03. The summed E-state index contributed by atoms with van der Waals surface area (Å²) in [4.78, 5) is 26.0. The van der Waals surface area contributed by atoms with E-state index in [0.717, 1.165) is 0 Å². The molecule has 1 aliphatic rings. The Bertz CT molecular complexity index is 325. The van der Waals surface area contributed by atoms with Crippen LogP contribution in [0.5, 0.6) is 0 Å². The first-order valence-corrected chi connectivity index (χ1v) is 6.90. The highest BCUT2D eigenvalue weighted by molar-refractivity contribution is 8.00. The zero-order valence-corrected chi connectivity index (χ0v) is 11.7. The highest BCUT2D eigenvalue weighted by atomic mass is 32.2. The van der Waals surface area contributed by atoms with Gasteiger partial charge in [-0.25, -0.2) is 4.79 Å². The number of rotatable bonds is 4. The van der Waals surface area contributed by atoms with Crippen LogP contribution in [0.1, 0.15) is 13.8 Å². The van der Waals surface area contributed by atoms with Crippen LogP contribution < -0.4 is 0 Å². The number of carbonyl (C=O) groups is 2. The molecule has 1 fully saturated rings. The van der Waals surface area contributed by atoms with E-state index >= 15 is 0 Å². The second kappa shape index (κ2) is 6.68. The fourth-order valence-electron chi connectivity index (χ4n) is 2.06. The first-order valence-electron chi connectivity index (χ1n) is 5.96. The van der Waals surface area contributed by atoms with Gasteiger partial charge in [0.2, 0.25) is 0 Å². The van der Waals surface area contributed by atoms with E-state index in [9.17, 15) is 9.59 Å². The summed E-state index contributed by atoms with van der Waals surface area (Å²) in [7, 11) is 0. The Morgan fingerprint density at radius 2 is 2.00 bits per heavy atom. The monoisotopic (exact) mass is 272 g/mol. The molecule has 1 aliphatic heterocycles. The third-order valence-electron chi connectivity index (χ3n) is 2.64. The molecular weight excluding hydrogens is 252 g/mol. The van der Waals surface area contributed by atoms with Crippen LogP contribution in [0.3, 0.4) is 0 Å². The molecule has 0 bridgehead atoms. The maximum absolute atomic E-state index is 12.2.